The molecule has 3 aromatic carbocycles. The zero-order chi connectivity index (χ0) is 22.2. The number of benzene rings is 3. The number of fused-ring (bicyclic) bond motifs is 1. The molecule has 3 aromatic rings. The van der Waals surface area contributed by atoms with Crippen molar-refractivity contribution in [2.45, 2.75) is 19.8 Å². The molecule has 1 heterocycles. The molecule has 0 unspecified atom stereocenters. The zero-order valence-corrected chi connectivity index (χ0v) is 18.5. The van der Waals surface area contributed by atoms with Crippen LogP contribution in [0.4, 0.5) is 5.69 Å². The Kier molecular flexibility index (Phi) is 7.23. The number of rotatable bonds is 9. The van der Waals surface area contributed by atoms with Gasteiger partial charge in [-0.2, -0.15) is 0 Å². The SMILES string of the molecule is CCN(CCCCOc1ccc(/C=C2\COc3ccccc3C2=O)cc1)c1ccccc1. The van der Waals surface area contributed by atoms with Gasteiger partial charge in [0.15, 0.2) is 5.78 Å². The van der Waals surface area contributed by atoms with Crippen LogP contribution in [0.2, 0.25) is 0 Å². The molecule has 1 aliphatic heterocycles. The maximum atomic E-state index is 12.7. The van der Waals surface area contributed by atoms with Crippen molar-refractivity contribution in [2.75, 3.05) is 31.2 Å². The van der Waals surface area contributed by atoms with Gasteiger partial charge in [0.05, 0.1) is 12.2 Å². The van der Waals surface area contributed by atoms with Crippen LogP contribution in [0.5, 0.6) is 11.5 Å². The van der Waals surface area contributed by atoms with Gasteiger partial charge in [-0.05, 0) is 67.8 Å². The van der Waals surface area contributed by atoms with E-state index in [0.29, 0.717) is 30.1 Å². The zero-order valence-electron chi connectivity index (χ0n) is 18.5. The molecular formula is C28H29NO3. The molecule has 0 saturated carbocycles. The van der Waals surface area contributed by atoms with Crippen molar-refractivity contribution in [3.8, 4) is 11.5 Å². The highest BCUT2D eigenvalue weighted by atomic mass is 16.5. The molecule has 4 rings (SSSR count). The molecule has 164 valence electrons. The lowest BCUT2D eigenvalue weighted by Crippen LogP contribution is -2.24. The van der Waals surface area contributed by atoms with E-state index in [0.717, 1.165) is 37.2 Å². The van der Waals surface area contributed by atoms with Crippen molar-refractivity contribution < 1.29 is 14.3 Å². The molecule has 1 aliphatic rings. The van der Waals surface area contributed by atoms with Crippen molar-refractivity contribution >= 4 is 17.5 Å². The normalized spacial score (nSPS) is 14.0. The Balaban J connectivity index is 1.25. The number of unbranched alkanes of at least 4 members (excludes halogenated alkanes) is 1. The first-order valence-corrected chi connectivity index (χ1v) is 11.2. The van der Waals surface area contributed by atoms with E-state index in [1.54, 1.807) is 6.07 Å². The predicted octanol–water partition coefficient (Wildman–Crippen LogP) is 6.03. The number of para-hydroxylation sites is 2. The standard InChI is InChI=1S/C28H29NO3/c1-2-29(24-10-4-3-5-11-24)18-8-9-19-31-25-16-14-22(15-17-25)20-23-21-32-27-13-7-6-12-26(27)28(23)30/h3-7,10-17,20H,2,8-9,18-19,21H2,1H3/b23-20+. The molecule has 4 nitrogen and oxygen atoms in total. The lowest BCUT2D eigenvalue weighted by Gasteiger charge is -2.23. The third-order valence-electron chi connectivity index (χ3n) is 5.62. The number of carbonyl (C=O) groups is 1. The van der Waals surface area contributed by atoms with Crippen LogP contribution in [0.25, 0.3) is 6.08 Å². The van der Waals surface area contributed by atoms with Crippen molar-refractivity contribution in [3.63, 3.8) is 0 Å². The van der Waals surface area contributed by atoms with Crippen LogP contribution in [0.1, 0.15) is 35.7 Å². The molecule has 0 aromatic heterocycles. The Morgan fingerprint density at radius 1 is 0.938 bits per heavy atom. The van der Waals surface area contributed by atoms with Gasteiger partial charge in [0, 0.05) is 24.4 Å². The summed E-state index contributed by atoms with van der Waals surface area (Å²) in [5, 5.41) is 0. The van der Waals surface area contributed by atoms with Gasteiger partial charge in [-0.3, -0.25) is 4.79 Å². The van der Waals surface area contributed by atoms with Crippen molar-refractivity contribution in [3.05, 3.63) is 95.6 Å². The van der Waals surface area contributed by atoms with Crippen molar-refractivity contribution in [1.82, 2.24) is 0 Å². The van der Waals surface area contributed by atoms with Crippen LogP contribution in [0, 0.1) is 0 Å². The molecule has 0 atom stereocenters. The van der Waals surface area contributed by atoms with Crippen molar-refractivity contribution in [1.29, 1.82) is 0 Å². The topological polar surface area (TPSA) is 38.8 Å². The molecule has 0 aliphatic carbocycles. The average Bonchev–Trinajstić information content (AvgIpc) is 2.85. The Labute approximate surface area is 190 Å². The summed E-state index contributed by atoms with van der Waals surface area (Å²) in [6, 6.07) is 25.8. The summed E-state index contributed by atoms with van der Waals surface area (Å²) >= 11 is 0. The minimum atomic E-state index is 0.0313. The molecule has 0 bridgehead atoms. The summed E-state index contributed by atoms with van der Waals surface area (Å²) in [7, 11) is 0. The van der Waals surface area contributed by atoms with Gasteiger partial charge in [0.1, 0.15) is 18.1 Å². The fraction of sp³-hybridized carbons (Fsp3) is 0.250. The average molecular weight is 428 g/mol. The second kappa shape index (κ2) is 10.7. The smallest absolute Gasteiger partial charge is 0.196 e. The summed E-state index contributed by atoms with van der Waals surface area (Å²) in [5.74, 6) is 1.53. The second-order valence-electron chi connectivity index (χ2n) is 7.82. The van der Waals surface area contributed by atoms with E-state index < -0.39 is 0 Å². The lowest BCUT2D eigenvalue weighted by atomic mass is 9.98. The summed E-state index contributed by atoms with van der Waals surface area (Å²) in [6.45, 7) is 5.20. The van der Waals surface area contributed by atoms with E-state index in [2.05, 4.69) is 36.1 Å². The van der Waals surface area contributed by atoms with Gasteiger partial charge >= 0.3 is 0 Å². The maximum absolute atomic E-state index is 12.7. The Bertz CT molecular complexity index is 1060. The Morgan fingerprint density at radius 3 is 2.47 bits per heavy atom. The van der Waals surface area contributed by atoms with E-state index in [4.69, 9.17) is 9.47 Å². The van der Waals surface area contributed by atoms with Gasteiger partial charge in [0.25, 0.3) is 0 Å². The molecule has 0 N–H and O–H groups in total. The molecule has 0 amide bonds. The van der Waals surface area contributed by atoms with Gasteiger partial charge in [-0.25, -0.2) is 0 Å². The van der Waals surface area contributed by atoms with Crippen LogP contribution < -0.4 is 14.4 Å². The summed E-state index contributed by atoms with van der Waals surface area (Å²) in [5.41, 5.74) is 3.52. The third kappa shape index (κ3) is 5.38. The van der Waals surface area contributed by atoms with Gasteiger partial charge in [-0.1, -0.05) is 42.5 Å². The Morgan fingerprint density at radius 2 is 1.69 bits per heavy atom. The lowest BCUT2D eigenvalue weighted by molar-refractivity contribution is 0.100. The van der Waals surface area contributed by atoms with Crippen molar-refractivity contribution in [2.24, 2.45) is 0 Å². The van der Waals surface area contributed by atoms with Crippen LogP contribution >= 0.6 is 0 Å². The fourth-order valence-electron chi connectivity index (χ4n) is 3.85. The van der Waals surface area contributed by atoms with E-state index in [-0.39, 0.29) is 5.78 Å². The molecule has 0 saturated heterocycles. The number of ether oxygens (including phenoxy) is 2. The minimum absolute atomic E-state index is 0.0313. The Hall–Kier alpha value is -3.53. The van der Waals surface area contributed by atoms with E-state index in [9.17, 15) is 4.79 Å². The second-order valence-corrected chi connectivity index (χ2v) is 7.82. The summed E-state index contributed by atoms with van der Waals surface area (Å²) in [4.78, 5) is 15.1. The highest BCUT2D eigenvalue weighted by molar-refractivity contribution is 6.14. The fourth-order valence-corrected chi connectivity index (χ4v) is 3.85. The molecule has 4 heteroatoms. The molecular weight excluding hydrogens is 398 g/mol. The number of hydrogen-bond donors (Lipinski definition) is 0. The predicted molar refractivity (Wildman–Crippen MR) is 130 cm³/mol. The van der Waals surface area contributed by atoms with Crippen LogP contribution in [0.15, 0.2) is 84.4 Å². The first-order valence-electron chi connectivity index (χ1n) is 11.2. The number of hydrogen-bond acceptors (Lipinski definition) is 4. The van der Waals surface area contributed by atoms with Crippen LogP contribution in [-0.4, -0.2) is 32.1 Å². The summed E-state index contributed by atoms with van der Waals surface area (Å²) < 4.78 is 11.6. The van der Waals surface area contributed by atoms with Gasteiger partial charge in [0.2, 0.25) is 0 Å². The molecule has 0 radical (unpaired) electrons. The monoisotopic (exact) mass is 427 g/mol. The number of carbonyl (C=O) groups excluding carboxylic acids is 1. The van der Waals surface area contributed by atoms with Crippen LogP contribution in [0.3, 0.4) is 0 Å². The largest absolute Gasteiger partial charge is 0.494 e. The third-order valence-corrected chi connectivity index (χ3v) is 5.62. The number of anilines is 1. The van der Waals surface area contributed by atoms with Gasteiger partial charge < -0.3 is 14.4 Å². The number of Topliss-reactive ketones (excluding diaryl/α,β-unsaturated/α-hetero) is 1. The number of ketones is 1. The first-order chi connectivity index (χ1) is 15.7. The highest BCUT2D eigenvalue weighted by Gasteiger charge is 2.22. The van der Waals surface area contributed by atoms with E-state index in [1.807, 2.05) is 54.6 Å². The summed E-state index contributed by atoms with van der Waals surface area (Å²) in [6.07, 6.45) is 3.97. The minimum Gasteiger partial charge on any atom is -0.494 e. The highest BCUT2D eigenvalue weighted by Crippen LogP contribution is 2.27. The van der Waals surface area contributed by atoms with E-state index >= 15 is 0 Å². The van der Waals surface area contributed by atoms with Crippen LogP contribution in [-0.2, 0) is 0 Å². The maximum Gasteiger partial charge on any atom is 0.196 e. The van der Waals surface area contributed by atoms with Gasteiger partial charge in [-0.15, -0.1) is 0 Å². The first kappa shape index (κ1) is 21.7. The molecule has 0 spiro atoms. The molecule has 0 fully saturated rings. The quantitative estimate of drug-likeness (QED) is 0.309. The molecule has 32 heavy (non-hydrogen) atoms. The number of nitrogens with zero attached hydrogens (tertiary/aromatic N) is 1. The van der Waals surface area contributed by atoms with E-state index in [1.165, 1.54) is 5.69 Å².